The van der Waals surface area contributed by atoms with Crippen molar-refractivity contribution in [1.29, 1.82) is 0 Å². The zero-order valence-electron chi connectivity index (χ0n) is 10.4. The number of piperidine rings is 1. The van der Waals surface area contributed by atoms with Crippen molar-refractivity contribution in [1.82, 2.24) is 5.32 Å². The zero-order chi connectivity index (χ0) is 12.8. The number of thioether (sulfide) groups is 1. The van der Waals surface area contributed by atoms with Gasteiger partial charge >= 0.3 is 0 Å². The van der Waals surface area contributed by atoms with Crippen LogP contribution in [0.2, 0.25) is 0 Å². The molecule has 0 aromatic heterocycles. The van der Waals surface area contributed by atoms with Gasteiger partial charge in [-0.05, 0) is 49.9 Å². The van der Waals surface area contributed by atoms with Crippen LogP contribution >= 0.6 is 11.8 Å². The molecule has 0 saturated carbocycles. The molecule has 0 unspecified atom stereocenters. The second kappa shape index (κ2) is 7.10. The lowest BCUT2D eigenvalue weighted by atomic mass is 9.91. The summed E-state index contributed by atoms with van der Waals surface area (Å²) < 4.78 is 24.6. The molecule has 0 radical (unpaired) electrons. The first-order valence-electron chi connectivity index (χ1n) is 6.45. The Bertz CT molecular complexity index is 365. The minimum atomic E-state index is -2.23. The second-order valence-electron chi connectivity index (χ2n) is 4.71. The van der Waals surface area contributed by atoms with Crippen molar-refractivity contribution in [2.75, 3.05) is 18.8 Å². The molecule has 1 saturated heterocycles. The van der Waals surface area contributed by atoms with Crippen LogP contribution < -0.4 is 5.32 Å². The Kier molecular flexibility index (Phi) is 5.45. The molecule has 1 fully saturated rings. The molecule has 0 amide bonds. The Hall–Kier alpha value is -0.610. The first-order valence-corrected chi connectivity index (χ1v) is 7.44. The second-order valence-corrected chi connectivity index (χ2v) is 5.77. The third-order valence-corrected chi connectivity index (χ3v) is 4.43. The Balaban J connectivity index is 1.97. The molecule has 1 heterocycles. The van der Waals surface area contributed by atoms with Crippen LogP contribution in [0.5, 0.6) is 0 Å². The molecule has 2 rings (SSSR count). The van der Waals surface area contributed by atoms with Gasteiger partial charge in [0.1, 0.15) is 0 Å². The lowest BCUT2D eigenvalue weighted by molar-refractivity contribution is 0.177. The molecule has 1 aromatic carbocycles. The monoisotopic (exact) mass is 271 g/mol. The molecule has 0 bridgehead atoms. The van der Waals surface area contributed by atoms with Gasteiger partial charge in [0, 0.05) is 4.90 Å². The molecule has 1 aromatic rings. The molecule has 1 aliphatic rings. The predicted octanol–water partition coefficient (Wildman–Crippen LogP) is 3.59. The van der Waals surface area contributed by atoms with E-state index < -0.39 is 6.43 Å². The number of hydrogen-bond acceptors (Lipinski definition) is 2. The van der Waals surface area contributed by atoms with E-state index in [1.807, 2.05) is 18.2 Å². The van der Waals surface area contributed by atoms with Gasteiger partial charge in [0.25, 0.3) is 0 Å². The van der Waals surface area contributed by atoms with E-state index in [0.29, 0.717) is 5.92 Å². The summed E-state index contributed by atoms with van der Waals surface area (Å²) in [6.45, 7) is 2.16. The summed E-state index contributed by atoms with van der Waals surface area (Å²) in [6.07, 6.45) is 1.16. The number of rotatable bonds is 5. The number of benzene rings is 1. The van der Waals surface area contributed by atoms with E-state index in [1.54, 1.807) is 0 Å². The largest absolute Gasteiger partial charge is 0.317 e. The van der Waals surface area contributed by atoms with Crippen molar-refractivity contribution in [2.45, 2.75) is 30.6 Å². The number of halogens is 2. The third kappa shape index (κ3) is 4.25. The van der Waals surface area contributed by atoms with Crippen LogP contribution in [-0.2, 0) is 6.42 Å². The molecule has 1 nitrogen and oxygen atoms in total. The highest BCUT2D eigenvalue weighted by Crippen LogP contribution is 2.28. The topological polar surface area (TPSA) is 12.0 Å². The van der Waals surface area contributed by atoms with E-state index >= 15 is 0 Å². The Morgan fingerprint density at radius 3 is 2.67 bits per heavy atom. The molecule has 100 valence electrons. The highest BCUT2D eigenvalue weighted by atomic mass is 32.2. The zero-order valence-corrected chi connectivity index (χ0v) is 11.2. The van der Waals surface area contributed by atoms with Crippen molar-refractivity contribution in [2.24, 2.45) is 5.92 Å². The van der Waals surface area contributed by atoms with E-state index in [0.717, 1.165) is 24.4 Å². The van der Waals surface area contributed by atoms with E-state index in [9.17, 15) is 8.78 Å². The van der Waals surface area contributed by atoms with Crippen LogP contribution in [0.25, 0.3) is 0 Å². The quantitative estimate of drug-likeness (QED) is 0.821. The molecule has 4 heteroatoms. The van der Waals surface area contributed by atoms with Gasteiger partial charge in [-0.1, -0.05) is 18.2 Å². The van der Waals surface area contributed by atoms with Crippen LogP contribution in [0.15, 0.2) is 29.2 Å². The van der Waals surface area contributed by atoms with Crippen molar-refractivity contribution in [3.63, 3.8) is 0 Å². The maximum absolute atomic E-state index is 12.3. The van der Waals surface area contributed by atoms with Gasteiger partial charge in [-0.25, -0.2) is 8.78 Å². The van der Waals surface area contributed by atoms with Gasteiger partial charge in [-0.3, -0.25) is 0 Å². The summed E-state index contributed by atoms with van der Waals surface area (Å²) in [6, 6.07) is 7.97. The van der Waals surface area contributed by atoms with Crippen molar-refractivity contribution < 1.29 is 8.78 Å². The third-order valence-electron chi connectivity index (χ3n) is 3.30. The molecule has 1 aliphatic heterocycles. The van der Waals surface area contributed by atoms with E-state index in [2.05, 4.69) is 11.4 Å². The maximum Gasteiger partial charge on any atom is 0.247 e. The van der Waals surface area contributed by atoms with E-state index in [-0.39, 0.29) is 5.75 Å². The molecular weight excluding hydrogens is 252 g/mol. The normalized spacial score (nSPS) is 17.3. The van der Waals surface area contributed by atoms with Gasteiger partial charge in [-0.15, -0.1) is 11.8 Å². The van der Waals surface area contributed by atoms with E-state index in [1.165, 1.54) is 30.2 Å². The molecule has 0 spiro atoms. The van der Waals surface area contributed by atoms with Gasteiger partial charge in [0.05, 0.1) is 5.75 Å². The fourth-order valence-electron chi connectivity index (χ4n) is 2.36. The van der Waals surface area contributed by atoms with Crippen LogP contribution in [0.4, 0.5) is 8.78 Å². The van der Waals surface area contributed by atoms with Crippen LogP contribution in [0, 0.1) is 5.92 Å². The molecule has 0 aliphatic carbocycles. The van der Waals surface area contributed by atoms with Crippen LogP contribution in [0.3, 0.4) is 0 Å². The first kappa shape index (κ1) is 13.8. The molecule has 0 atom stereocenters. The lowest BCUT2D eigenvalue weighted by Gasteiger charge is -2.23. The first-order chi connectivity index (χ1) is 8.75. The summed E-state index contributed by atoms with van der Waals surface area (Å²) in [5.74, 6) is 0.586. The number of nitrogens with one attached hydrogen (secondary N) is 1. The standard InChI is InChI=1S/C14H19F2NS/c15-14(16)10-18-13-4-2-1-3-12(13)9-11-5-7-17-8-6-11/h1-4,11,14,17H,5-10H2. The minimum Gasteiger partial charge on any atom is -0.317 e. The fraction of sp³-hybridized carbons (Fsp3) is 0.571. The molecule has 18 heavy (non-hydrogen) atoms. The Morgan fingerprint density at radius 1 is 1.22 bits per heavy atom. The SMILES string of the molecule is FC(F)CSc1ccccc1CC1CCNCC1. The minimum absolute atomic E-state index is 0.108. The Labute approximate surface area is 111 Å². The summed E-state index contributed by atoms with van der Waals surface area (Å²) in [5.41, 5.74) is 1.23. The van der Waals surface area contributed by atoms with Gasteiger partial charge in [0.2, 0.25) is 6.43 Å². The van der Waals surface area contributed by atoms with Crippen LogP contribution in [-0.4, -0.2) is 25.3 Å². The highest BCUT2D eigenvalue weighted by Gasteiger charge is 2.15. The number of alkyl halides is 2. The van der Waals surface area contributed by atoms with Crippen LogP contribution in [0.1, 0.15) is 18.4 Å². The van der Waals surface area contributed by atoms with Gasteiger partial charge in [-0.2, -0.15) is 0 Å². The Morgan fingerprint density at radius 2 is 1.94 bits per heavy atom. The maximum atomic E-state index is 12.3. The van der Waals surface area contributed by atoms with Gasteiger partial charge < -0.3 is 5.32 Å². The smallest absolute Gasteiger partial charge is 0.247 e. The van der Waals surface area contributed by atoms with Crippen molar-refractivity contribution in [3.8, 4) is 0 Å². The summed E-state index contributed by atoms with van der Waals surface area (Å²) in [4.78, 5) is 1.02. The molecular formula is C14H19F2NS. The highest BCUT2D eigenvalue weighted by molar-refractivity contribution is 7.99. The van der Waals surface area contributed by atoms with Crippen molar-refractivity contribution >= 4 is 11.8 Å². The average Bonchev–Trinajstić information content (AvgIpc) is 2.39. The molecule has 1 N–H and O–H groups in total. The fourth-order valence-corrected chi connectivity index (χ4v) is 3.18. The summed E-state index contributed by atoms with van der Waals surface area (Å²) >= 11 is 1.28. The summed E-state index contributed by atoms with van der Waals surface area (Å²) in [7, 11) is 0. The lowest BCUT2D eigenvalue weighted by Crippen LogP contribution is -2.28. The summed E-state index contributed by atoms with van der Waals surface area (Å²) in [5, 5.41) is 3.35. The number of hydrogen-bond donors (Lipinski definition) is 1. The van der Waals surface area contributed by atoms with E-state index in [4.69, 9.17) is 0 Å². The average molecular weight is 271 g/mol. The van der Waals surface area contributed by atoms with Gasteiger partial charge in [0.15, 0.2) is 0 Å². The predicted molar refractivity (Wildman–Crippen MR) is 72.5 cm³/mol. The van der Waals surface area contributed by atoms with Crippen molar-refractivity contribution in [3.05, 3.63) is 29.8 Å².